The Balaban J connectivity index is 1.55. The van der Waals surface area contributed by atoms with Gasteiger partial charge in [-0.3, -0.25) is 0 Å². The summed E-state index contributed by atoms with van der Waals surface area (Å²) in [6.07, 6.45) is 31.3. The maximum absolute atomic E-state index is 2.55. The van der Waals surface area contributed by atoms with Crippen LogP contribution in [0.5, 0.6) is 0 Å². The molecule has 0 N–H and O–H groups in total. The van der Waals surface area contributed by atoms with Crippen molar-refractivity contribution in [3.8, 4) is 0 Å². The Morgan fingerprint density at radius 1 is 0.667 bits per heavy atom. The van der Waals surface area contributed by atoms with Gasteiger partial charge in [-0.25, -0.2) is 0 Å². The molecule has 2 saturated carbocycles. The van der Waals surface area contributed by atoms with Crippen molar-refractivity contribution < 1.29 is 0 Å². The van der Waals surface area contributed by atoms with Crippen LogP contribution in [0.4, 0.5) is 0 Å². The van der Waals surface area contributed by atoms with Gasteiger partial charge in [0.15, 0.2) is 0 Å². The Bertz CT molecular complexity index is 384. The van der Waals surface area contributed by atoms with Crippen LogP contribution in [0.2, 0.25) is 0 Å². The van der Waals surface area contributed by atoms with Gasteiger partial charge in [-0.15, -0.1) is 0 Å². The van der Waals surface area contributed by atoms with Crippen molar-refractivity contribution in [3.05, 3.63) is 36.5 Å². The molecule has 0 amide bonds. The van der Waals surface area contributed by atoms with Gasteiger partial charge in [0.05, 0.1) is 0 Å². The van der Waals surface area contributed by atoms with Gasteiger partial charge in [0, 0.05) is 0 Å². The minimum atomic E-state index is 0.862. The first-order valence-electron chi connectivity index (χ1n) is 10.8. The van der Waals surface area contributed by atoms with Crippen LogP contribution in [0.3, 0.4) is 0 Å². The summed E-state index contributed by atoms with van der Waals surface area (Å²) in [6, 6.07) is 0. The molecule has 0 atom stereocenters. The molecule has 0 aliphatic heterocycles. The van der Waals surface area contributed by atoms with Gasteiger partial charge in [-0.2, -0.15) is 0 Å². The molecule has 136 valence electrons. The summed E-state index contributed by atoms with van der Waals surface area (Å²) < 4.78 is 0. The van der Waals surface area contributed by atoms with E-state index in [0.717, 1.165) is 23.7 Å². The molecular formula is C24H40. The predicted octanol–water partition coefficient (Wildman–Crippen LogP) is 7.87. The van der Waals surface area contributed by atoms with E-state index in [2.05, 4.69) is 50.3 Å². The Hall–Kier alpha value is -0.780. The van der Waals surface area contributed by atoms with E-state index >= 15 is 0 Å². The van der Waals surface area contributed by atoms with Gasteiger partial charge < -0.3 is 0 Å². The highest BCUT2D eigenvalue weighted by atomic mass is 14.2. The lowest BCUT2D eigenvalue weighted by atomic mass is 9.79. The summed E-state index contributed by atoms with van der Waals surface area (Å²) >= 11 is 0. The minimum absolute atomic E-state index is 0.862. The maximum Gasteiger partial charge on any atom is -0.0233 e. The maximum atomic E-state index is 2.55. The third-order valence-corrected chi connectivity index (χ3v) is 6.19. The average molecular weight is 329 g/mol. The Kier molecular flexibility index (Phi) is 9.54. The highest BCUT2D eigenvalue weighted by molar-refractivity contribution is 4.96. The summed E-state index contributed by atoms with van der Waals surface area (Å²) in [5, 5.41) is 0. The van der Waals surface area contributed by atoms with E-state index < -0.39 is 0 Å². The van der Waals surface area contributed by atoms with Gasteiger partial charge >= 0.3 is 0 Å². The molecule has 0 aromatic carbocycles. The van der Waals surface area contributed by atoms with Crippen molar-refractivity contribution >= 4 is 0 Å². The van der Waals surface area contributed by atoms with Crippen molar-refractivity contribution in [2.75, 3.05) is 0 Å². The van der Waals surface area contributed by atoms with E-state index in [4.69, 9.17) is 0 Å². The van der Waals surface area contributed by atoms with E-state index in [-0.39, 0.29) is 0 Å². The van der Waals surface area contributed by atoms with Gasteiger partial charge in [-0.05, 0) is 101 Å². The number of hydrogen-bond acceptors (Lipinski definition) is 0. The molecule has 2 aliphatic rings. The summed E-state index contributed by atoms with van der Waals surface area (Å²) in [5.74, 6) is 3.61. The van der Waals surface area contributed by atoms with Crippen molar-refractivity contribution in [3.63, 3.8) is 0 Å². The molecule has 0 nitrogen and oxygen atoms in total. The smallest absolute Gasteiger partial charge is 0.0233 e. The fraction of sp³-hybridized carbons (Fsp3) is 0.750. The zero-order chi connectivity index (χ0) is 17.0. The molecule has 0 aromatic heterocycles. The largest absolute Gasteiger partial charge is 0.0914 e. The van der Waals surface area contributed by atoms with Crippen LogP contribution in [0, 0.1) is 23.7 Å². The fourth-order valence-corrected chi connectivity index (χ4v) is 4.55. The quantitative estimate of drug-likeness (QED) is 0.398. The highest BCUT2D eigenvalue weighted by Crippen LogP contribution is 2.33. The lowest BCUT2D eigenvalue weighted by Crippen LogP contribution is -2.13. The molecule has 0 saturated heterocycles. The van der Waals surface area contributed by atoms with E-state index in [9.17, 15) is 0 Å². The molecule has 0 spiro atoms. The summed E-state index contributed by atoms with van der Waals surface area (Å²) in [7, 11) is 0. The van der Waals surface area contributed by atoms with E-state index in [1.807, 2.05) is 0 Å². The van der Waals surface area contributed by atoms with Crippen molar-refractivity contribution in [2.24, 2.45) is 23.7 Å². The highest BCUT2D eigenvalue weighted by Gasteiger charge is 2.19. The molecule has 0 heteroatoms. The van der Waals surface area contributed by atoms with Gasteiger partial charge in [0.1, 0.15) is 0 Å². The van der Waals surface area contributed by atoms with E-state index in [0.29, 0.717) is 0 Å². The third-order valence-electron chi connectivity index (χ3n) is 6.19. The second-order valence-corrected chi connectivity index (χ2v) is 8.20. The molecule has 0 aromatic rings. The van der Waals surface area contributed by atoms with Crippen molar-refractivity contribution in [1.29, 1.82) is 0 Å². The second kappa shape index (κ2) is 11.7. The van der Waals surface area contributed by atoms with Crippen molar-refractivity contribution in [1.82, 2.24) is 0 Å². The average Bonchev–Trinajstić information content (AvgIpc) is 2.62. The summed E-state index contributed by atoms with van der Waals surface area (Å²) in [6.45, 7) is 4.42. The Labute approximate surface area is 151 Å². The van der Waals surface area contributed by atoms with E-state index in [1.54, 1.807) is 0 Å². The number of rotatable bonds is 8. The van der Waals surface area contributed by atoms with Gasteiger partial charge in [0.25, 0.3) is 0 Å². The van der Waals surface area contributed by atoms with Crippen LogP contribution >= 0.6 is 0 Å². The van der Waals surface area contributed by atoms with Crippen molar-refractivity contribution in [2.45, 2.75) is 90.9 Å². The molecule has 2 rings (SSSR count). The van der Waals surface area contributed by atoms with Crippen LogP contribution in [0.25, 0.3) is 0 Å². The Morgan fingerprint density at radius 3 is 1.71 bits per heavy atom. The molecule has 0 bridgehead atoms. The molecule has 0 heterocycles. The first-order valence-corrected chi connectivity index (χ1v) is 10.8. The first-order chi connectivity index (χ1) is 11.8. The molecule has 2 fully saturated rings. The monoisotopic (exact) mass is 328 g/mol. The summed E-state index contributed by atoms with van der Waals surface area (Å²) in [5.41, 5.74) is 0. The first kappa shape index (κ1) is 19.5. The standard InChI is InChI=1S/C24H40/c1-3-5-6-10-22-17-19-24(20-18-22)12-8-7-11-23-15-13-21(9-4-2)14-16-23/h4,6-7,9-11,21-24H,3,5,8,12-20H2,1-2H3/b9-4+,10-6+,11-7+/t21-,22-,23-,24-. The third kappa shape index (κ3) is 7.41. The van der Waals surface area contributed by atoms with E-state index in [1.165, 1.54) is 77.0 Å². The van der Waals surface area contributed by atoms with Crippen LogP contribution < -0.4 is 0 Å². The number of allylic oxidation sites excluding steroid dienone is 6. The number of hydrogen-bond donors (Lipinski definition) is 0. The molecular weight excluding hydrogens is 288 g/mol. The zero-order valence-corrected chi connectivity index (χ0v) is 16.3. The Morgan fingerprint density at radius 2 is 1.17 bits per heavy atom. The molecule has 24 heavy (non-hydrogen) atoms. The normalized spacial score (nSPS) is 32.2. The zero-order valence-electron chi connectivity index (χ0n) is 16.3. The van der Waals surface area contributed by atoms with Gasteiger partial charge in [-0.1, -0.05) is 49.8 Å². The lowest BCUT2D eigenvalue weighted by Gasteiger charge is -2.26. The minimum Gasteiger partial charge on any atom is -0.0914 e. The SMILES string of the molecule is C/C=C/[C@H]1CC[C@H](/C=C/CC[C@H]2CC[C@H](/C=C/CCC)CC2)CC1. The van der Waals surface area contributed by atoms with Crippen LogP contribution in [0.15, 0.2) is 36.5 Å². The molecule has 2 aliphatic carbocycles. The van der Waals surface area contributed by atoms with Crippen LogP contribution in [-0.4, -0.2) is 0 Å². The lowest BCUT2D eigenvalue weighted by molar-refractivity contribution is 0.297. The predicted molar refractivity (Wildman–Crippen MR) is 108 cm³/mol. The topological polar surface area (TPSA) is 0 Å². The number of unbranched alkanes of at least 4 members (excludes halogenated alkanes) is 1. The van der Waals surface area contributed by atoms with Gasteiger partial charge in [0.2, 0.25) is 0 Å². The van der Waals surface area contributed by atoms with Crippen LogP contribution in [0.1, 0.15) is 90.9 Å². The molecule has 0 unspecified atom stereocenters. The van der Waals surface area contributed by atoms with Crippen LogP contribution in [-0.2, 0) is 0 Å². The summed E-state index contributed by atoms with van der Waals surface area (Å²) in [4.78, 5) is 0. The second-order valence-electron chi connectivity index (χ2n) is 8.20. The molecule has 0 radical (unpaired) electrons. The fourth-order valence-electron chi connectivity index (χ4n) is 4.55.